The average Bonchev–Trinajstić information content (AvgIpc) is 2.89. The van der Waals surface area contributed by atoms with E-state index in [1.807, 2.05) is 18.2 Å². The van der Waals surface area contributed by atoms with Gasteiger partial charge in [-0.3, -0.25) is 4.79 Å². The van der Waals surface area contributed by atoms with E-state index < -0.39 is 0 Å². The molecular formula is C18H14N4O2. The predicted molar refractivity (Wildman–Crippen MR) is 91.2 cm³/mol. The molecule has 1 amide bonds. The summed E-state index contributed by atoms with van der Waals surface area (Å²) in [5, 5.41) is 8.84. The Balaban J connectivity index is 1.88. The van der Waals surface area contributed by atoms with Gasteiger partial charge in [-0.2, -0.15) is 5.26 Å². The summed E-state index contributed by atoms with van der Waals surface area (Å²) in [7, 11) is 1.59. The van der Waals surface area contributed by atoms with E-state index >= 15 is 0 Å². The molecule has 0 spiro atoms. The summed E-state index contributed by atoms with van der Waals surface area (Å²) < 4.78 is 5.10. The summed E-state index contributed by atoms with van der Waals surface area (Å²) in [6.45, 7) is 0. The number of methoxy groups -OCH3 is 1. The number of ether oxygens (including phenoxy) is 1. The Morgan fingerprint density at radius 2 is 1.83 bits per heavy atom. The van der Waals surface area contributed by atoms with E-state index in [-0.39, 0.29) is 17.6 Å². The first-order valence-corrected chi connectivity index (χ1v) is 7.17. The van der Waals surface area contributed by atoms with Crippen molar-refractivity contribution >= 4 is 23.6 Å². The summed E-state index contributed by atoms with van der Waals surface area (Å²) in [6.07, 6.45) is 1.66. The molecule has 6 heteroatoms. The molecule has 0 unspecified atom stereocenters. The van der Waals surface area contributed by atoms with Crippen molar-refractivity contribution in [2.75, 3.05) is 12.0 Å². The zero-order chi connectivity index (χ0) is 17.1. The highest BCUT2D eigenvalue weighted by Crippen LogP contribution is 2.24. The van der Waals surface area contributed by atoms with Crippen LogP contribution in [0, 0.1) is 11.3 Å². The van der Waals surface area contributed by atoms with Gasteiger partial charge in [0, 0.05) is 0 Å². The lowest BCUT2D eigenvalue weighted by Gasteiger charge is -2.15. The van der Waals surface area contributed by atoms with Gasteiger partial charge < -0.3 is 10.5 Å². The normalized spacial score (nSPS) is 15.3. The maximum atomic E-state index is 12.6. The molecule has 0 radical (unpaired) electrons. The number of hydrogen-bond donors (Lipinski definition) is 1. The number of amides is 1. The fourth-order valence-electron chi connectivity index (χ4n) is 2.33. The van der Waals surface area contributed by atoms with Crippen LogP contribution in [0.3, 0.4) is 0 Å². The van der Waals surface area contributed by atoms with Crippen LogP contribution in [0.1, 0.15) is 11.1 Å². The van der Waals surface area contributed by atoms with Crippen LogP contribution in [0.15, 0.2) is 59.2 Å². The lowest BCUT2D eigenvalue weighted by molar-refractivity contribution is -0.113. The number of hydrogen-bond acceptors (Lipinski definition) is 5. The highest BCUT2D eigenvalue weighted by molar-refractivity contribution is 6.27. The van der Waals surface area contributed by atoms with Crippen LogP contribution >= 0.6 is 0 Å². The van der Waals surface area contributed by atoms with Crippen molar-refractivity contribution in [3.05, 3.63) is 65.4 Å². The maximum Gasteiger partial charge on any atom is 0.283 e. The molecule has 1 aliphatic rings. The number of carbonyl (C=O) groups excluding carboxylic acids is 1. The number of rotatable bonds is 3. The summed E-state index contributed by atoms with van der Waals surface area (Å²) in [5.41, 5.74) is 8.04. The van der Waals surface area contributed by atoms with Crippen LogP contribution in [0.2, 0.25) is 0 Å². The Kier molecular flexibility index (Phi) is 4.00. The smallest absolute Gasteiger partial charge is 0.283 e. The molecule has 1 aliphatic heterocycles. The minimum absolute atomic E-state index is 0.101. The van der Waals surface area contributed by atoms with Crippen molar-refractivity contribution in [3.8, 4) is 11.8 Å². The van der Waals surface area contributed by atoms with Gasteiger partial charge in [0.15, 0.2) is 0 Å². The SMILES string of the molecule is COc1ccc(/C=C2\N=C(N)N(c3ccc(C#N)cc3)C2=O)cc1. The van der Waals surface area contributed by atoms with E-state index in [4.69, 9.17) is 15.7 Å². The van der Waals surface area contributed by atoms with Gasteiger partial charge in [-0.1, -0.05) is 12.1 Å². The Morgan fingerprint density at radius 3 is 2.42 bits per heavy atom. The van der Waals surface area contributed by atoms with E-state index in [2.05, 4.69) is 4.99 Å². The molecule has 24 heavy (non-hydrogen) atoms. The van der Waals surface area contributed by atoms with Gasteiger partial charge in [0.05, 0.1) is 24.4 Å². The first-order chi connectivity index (χ1) is 11.6. The van der Waals surface area contributed by atoms with Crippen LogP contribution in [-0.4, -0.2) is 19.0 Å². The Bertz CT molecular complexity index is 875. The molecule has 0 atom stereocenters. The largest absolute Gasteiger partial charge is 0.497 e. The quantitative estimate of drug-likeness (QED) is 0.879. The fraction of sp³-hybridized carbons (Fsp3) is 0.0556. The molecule has 118 valence electrons. The Morgan fingerprint density at radius 1 is 1.17 bits per heavy atom. The van der Waals surface area contributed by atoms with Crippen molar-refractivity contribution in [1.29, 1.82) is 5.26 Å². The second kappa shape index (κ2) is 6.26. The lowest BCUT2D eigenvalue weighted by Crippen LogP contribution is -2.37. The molecule has 3 rings (SSSR count). The average molecular weight is 318 g/mol. The van der Waals surface area contributed by atoms with Gasteiger partial charge in [0.2, 0.25) is 5.96 Å². The number of benzene rings is 2. The van der Waals surface area contributed by atoms with Gasteiger partial charge in [-0.15, -0.1) is 0 Å². The van der Waals surface area contributed by atoms with Gasteiger partial charge in [0.1, 0.15) is 11.4 Å². The monoisotopic (exact) mass is 318 g/mol. The topological polar surface area (TPSA) is 91.7 Å². The van der Waals surface area contributed by atoms with Gasteiger partial charge in [-0.25, -0.2) is 9.89 Å². The zero-order valence-corrected chi connectivity index (χ0v) is 12.9. The number of guanidine groups is 1. The van der Waals surface area contributed by atoms with Crippen LogP contribution < -0.4 is 15.4 Å². The molecule has 2 aromatic rings. The van der Waals surface area contributed by atoms with Gasteiger partial charge >= 0.3 is 0 Å². The zero-order valence-electron chi connectivity index (χ0n) is 12.9. The fourth-order valence-corrected chi connectivity index (χ4v) is 2.33. The summed E-state index contributed by atoms with van der Waals surface area (Å²) >= 11 is 0. The molecule has 2 aromatic carbocycles. The molecular weight excluding hydrogens is 304 g/mol. The maximum absolute atomic E-state index is 12.6. The molecule has 0 saturated heterocycles. The van der Waals surface area contributed by atoms with Gasteiger partial charge in [-0.05, 0) is 48.0 Å². The third-order valence-corrected chi connectivity index (χ3v) is 3.56. The van der Waals surface area contributed by atoms with Gasteiger partial charge in [0.25, 0.3) is 5.91 Å². The number of nitrogens with zero attached hydrogens (tertiary/aromatic N) is 3. The van der Waals surface area contributed by atoms with E-state index in [9.17, 15) is 4.79 Å². The third kappa shape index (κ3) is 2.83. The van der Waals surface area contributed by atoms with E-state index in [1.165, 1.54) is 4.90 Å². The standard InChI is InChI=1S/C18H14N4O2/c1-24-15-8-4-12(5-9-15)10-16-17(23)22(18(20)21-16)14-6-2-13(11-19)3-7-14/h2-10H,1H3,(H2,20,21)/b16-10-. The second-order valence-electron chi connectivity index (χ2n) is 5.07. The highest BCUT2D eigenvalue weighted by Gasteiger charge is 2.29. The minimum atomic E-state index is -0.312. The Labute approximate surface area is 139 Å². The first-order valence-electron chi connectivity index (χ1n) is 7.17. The first kappa shape index (κ1) is 15.3. The molecule has 6 nitrogen and oxygen atoms in total. The molecule has 0 saturated carbocycles. The van der Waals surface area contributed by atoms with Crippen molar-refractivity contribution < 1.29 is 9.53 Å². The van der Waals surface area contributed by atoms with E-state index in [0.717, 1.165) is 11.3 Å². The number of anilines is 1. The third-order valence-electron chi connectivity index (χ3n) is 3.56. The number of nitrogens with two attached hydrogens (primary N) is 1. The molecule has 0 fully saturated rings. The van der Waals surface area contributed by atoms with Crippen LogP contribution in [0.5, 0.6) is 5.75 Å². The molecule has 0 aliphatic carbocycles. The van der Waals surface area contributed by atoms with E-state index in [1.54, 1.807) is 49.6 Å². The van der Waals surface area contributed by atoms with Crippen LogP contribution in [0.4, 0.5) is 5.69 Å². The number of nitriles is 1. The molecule has 0 aromatic heterocycles. The lowest BCUT2D eigenvalue weighted by atomic mass is 10.1. The highest BCUT2D eigenvalue weighted by atomic mass is 16.5. The predicted octanol–water partition coefficient (Wildman–Crippen LogP) is 2.27. The summed E-state index contributed by atoms with van der Waals surface area (Å²) in [5.74, 6) is 0.523. The van der Waals surface area contributed by atoms with Crippen LogP contribution in [-0.2, 0) is 4.79 Å². The van der Waals surface area contributed by atoms with Crippen molar-refractivity contribution in [3.63, 3.8) is 0 Å². The molecule has 0 bridgehead atoms. The summed E-state index contributed by atoms with van der Waals surface area (Å²) in [4.78, 5) is 18.0. The Hall–Kier alpha value is -3.59. The number of carbonyl (C=O) groups is 1. The minimum Gasteiger partial charge on any atom is -0.497 e. The molecule has 1 heterocycles. The molecule has 2 N–H and O–H groups in total. The van der Waals surface area contributed by atoms with Crippen LogP contribution in [0.25, 0.3) is 6.08 Å². The van der Waals surface area contributed by atoms with Crippen molar-refractivity contribution in [1.82, 2.24) is 0 Å². The van der Waals surface area contributed by atoms with Crippen molar-refractivity contribution in [2.24, 2.45) is 10.7 Å². The number of aliphatic imine (C=N–C) groups is 1. The summed E-state index contributed by atoms with van der Waals surface area (Å²) in [6, 6.07) is 15.9. The van der Waals surface area contributed by atoms with E-state index in [0.29, 0.717) is 11.3 Å². The van der Waals surface area contributed by atoms with Crippen molar-refractivity contribution in [2.45, 2.75) is 0 Å². The second-order valence-corrected chi connectivity index (χ2v) is 5.07.